The Hall–Kier alpha value is -0.370. The van der Waals surface area contributed by atoms with Gasteiger partial charge in [-0.3, -0.25) is 4.79 Å². The smallest absolute Gasteiger partial charge is 0.237 e. The number of nitrogens with one attached hydrogen (secondary N) is 1. The Labute approximate surface area is 142 Å². The fourth-order valence-corrected chi connectivity index (χ4v) is 4.55. The Morgan fingerprint density at radius 3 is 2.80 bits per heavy atom. The Balaban J connectivity index is 2.00. The molecule has 0 aliphatic rings. The maximum Gasteiger partial charge on any atom is 0.237 e. The number of amides is 1. The van der Waals surface area contributed by atoms with Crippen molar-refractivity contribution in [2.24, 2.45) is 0 Å². The molecule has 3 nitrogen and oxygen atoms in total. The molecule has 1 aromatic carbocycles. The maximum absolute atomic E-state index is 12.2. The summed E-state index contributed by atoms with van der Waals surface area (Å²) in [5.74, 6) is -0.0362. The number of halogens is 2. The highest BCUT2D eigenvalue weighted by Gasteiger charge is 2.17. The lowest BCUT2D eigenvalue weighted by atomic mass is 10.3. The van der Waals surface area contributed by atoms with Gasteiger partial charge in [0, 0.05) is 20.0 Å². The van der Waals surface area contributed by atoms with Crippen molar-refractivity contribution in [1.82, 2.24) is 4.98 Å². The topological polar surface area (TPSA) is 42.0 Å². The predicted molar refractivity (Wildman–Crippen MR) is 92.6 cm³/mol. The summed E-state index contributed by atoms with van der Waals surface area (Å²) in [5, 5.41) is 4.70. The van der Waals surface area contributed by atoms with Gasteiger partial charge < -0.3 is 5.32 Å². The van der Waals surface area contributed by atoms with Gasteiger partial charge in [0.25, 0.3) is 0 Å². The van der Waals surface area contributed by atoms with Crippen LogP contribution < -0.4 is 5.32 Å². The number of benzene rings is 1. The molecule has 1 amide bonds. The second-order valence-corrected chi connectivity index (χ2v) is 8.34. The maximum atomic E-state index is 12.2. The summed E-state index contributed by atoms with van der Waals surface area (Å²) in [6.45, 7) is 3.83. The fraction of sp³-hybridized carbons (Fsp3) is 0.231. The Bertz CT molecular complexity index is 631. The number of nitrogens with zero attached hydrogens (tertiary/aromatic N) is 1. The molecule has 0 radical (unpaired) electrons. The normalized spacial score (nSPS) is 12.2. The highest BCUT2D eigenvalue weighted by molar-refractivity contribution is 9.11. The van der Waals surface area contributed by atoms with Crippen LogP contribution in [-0.4, -0.2) is 16.1 Å². The Morgan fingerprint density at radius 2 is 2.20 bits per heavy atom. The van der Waals surface area contributed by atoms with Crippen LogP contribution in [0, 0.1) is 6.92 Å². The SMILES string of the molecule is Cc1csc(SC(C)C(=O)Nc2ccc(Br)cc2Br)n1. The van der Waals surface area contributed by atoms with E-state index in [1.807, 2.05) is 37.4 Å². The van der Waals surface area contributed by atoms with Gasteiger partial charge in [0.1, 0.15) is 0 Å². The van der Waals surface area contributed by atoms with Crippen molar-refractivity contribution in [2.45, 2.75) is 23.4 Å². The number of carbonyl (C=O) groups excluding carboxylic acids is 1. The van der Waals surface area contributed by atoms with Crippen molar-refractivity contribution >= 4 is 66.6 Å². The summed E-state index contributed by atoms with van der Waals surface area (Å²) in [4.78, 5) is 16.5. The van der Waals surface area contributed by atoms with Gasteiger partial charge in [0.2, 0.25) is 5.91 Å². The van der Waals surface area contributed by atoms with Crippen molar-refractivity contribution in [1.29, 1.82) is 0 Å². The molecule has 0 fully saturated rings. The summed E-state index contributed by atoms with van der Waals surface area (Å²) in [5.41, 5.74) is 1.75. The first-order valence-corrected chi connectivity index (χ1v) is 9.15. The van der Waals surface area contributed by atoms with E-state index >= 15 is 0 Å². The highest BCUT2D eigenvalue weighted by atomic mass is 79.9. The number of carbonyl (C=O) groups is 1. The molecular weight excluding hydrogens is 424 g/mol. The van der Waals surface area contributed by atoms with Gasteiger partial charge in [-0.1, -0.05) is 27.7 Å². The quantitative estimate of drug-likeness (QED) is 0.679. The molecule has 0 aliphatic heterocycles. The largest absolute Gasteiger partial charge is 0.324 e. The zero-order valence-corrected chi connectivity index (χ0v) is 15.6. The van der Waals surface area contributed by atoms with Crippen molar-refractivity contribution in [3.05, 3.63) is 38.2 Å². The Kier molecular flexibility index (Phi) is 5.65. The minimum Gasteiger partial charge on any atom is -0.324 e. The number of rotatable bonds is 4. The van der Waals surface area contributed by atoms with E-state index in [1.165, 1.54) is 11.8 Å². The summed E-state index contributed by atoms with van der Waals surface area (Å²) in [6, 6.07) is 5.65. The molecule has 2 rings (SSSR count). The molecule has 20 heavy (non-hydrogen) atoms. The van der Waals surface area contributed by atoms with Gasteiger partial charge in [-0.05, 0) is 48.0 Å². The fourth-order valence-electron chi connectivity index (χ4n) is 1.42. The summed E-state index contributed by atoms with van der Waals surface area (Å²) < 4.78 is 2.73. The second kappa shape index (κ2) is 7.06. The molecule has 1 heterocycles. The van der Waals surface area contributed by atoms with E-state index < -0.39 is 0 Å². The lowest BCUT2D eigenvalue weighted by Gasteiger charge is -2.12. The molecule has 0 spiro atoms. The molecule has 1 aromatic heterocycles. The molecule has 2 aromatic rings. The van der Waals surface area contributed by atoms with Gasteiger partial charge in [0.15, 0.2) is 4.34 Å². The molecule has 0 bridgehead atoms. The molecular formula is C13H12Br2N2OS2. The van der Waals surface area contributed by atoms with Gasteiger partial charge in [0.05, 0.1) is 10.9 Å². The second-order valence-electron chi connectivity index (χ2n) is 4.13. The molecule has 0 saturated heterocycles. The summed E-state index contributed by atoms with van der Waals surface area (Å²) in [6.07, 6.45) is 0. The van der Waals surface area contributed by atoms with Crippen LogP contribution in [0.5, 0.6) is 0 Å². The van der Waals surface area contributed by atoms with E-state index in [4.69, 9.17) is 0 Å². The van der Waals surface area contributed by atoms with Crippen LogP contribution in [0.3, 0.4) is 0 Å². The first-order chi connectivity index (χ1) is 9.45. The number of aryl methyl sites for hydroxylation is 1. The van der Waals surface area contributed by atoms with Crippen LogP contribution >= 0.6 is 55.0 Å². The molecule has 7 heteroatoms. The van der Waals surface area contributed by atoms with E-state index in [2.05, 4.69) is 42.2 Å². The van der Waals surface area contributed by atoms with Crippen molar-refractivity contribution in [3.8, 4) is 0 Å². The number of anilines is 1. The third-order valence-corrected chi connectivity index (χ3v) is 5.77. The minimum atomic E-state index is -0.198. The van der Waals surface area contributed by atoms with E-state index in [0.717, 1.165) is 24.7 Å². The minimum absolute atomic E-state index is 0.0362. The first-order valence-electron chi connectivity index (χ1n) is 5.80. The van der Waals surface area contributed by atoms with E-state index in [-0.39, 0.29) is 11.2 Å². The van der Waals surface area contributed by atoms with Crippen LogP contribution in [0.1, 0.15) is 12.6 Å². The third-order valence-electron chi connectivity index (χ3n) is 2.43. The number of hydrogen-bond donors (Lipinski definition) is 1. The van der Waals surface area contributed by atoms with Crippen LogP contribution in [-0.2, 0) is 4.79 Å². The molecule has 1 unspecified atom stereocenters. The summed E-state index contributed by atoms with van der Waals surface area (Å²) >= 11 is 9.85. The lowest BCUT2D eigenvalue weighted by Crippen LogP contribution is -2.22. The monoisotopic (exact) mass is 434 g/mol. The lowest BCUT2D eigenvalue weighted by molar-refractivity contribution is -0.115. The zero-order chi connectivity index (χ0) is 14.7. The molecule has 0 aliphatic carbocycles. The zero-order valence-electron chi connectivity index (χ0n) is 10.8. The molecule has 0 saturated carbocycles. The molecule has 106 valence electrons. The van der Waals surface area contributed by atoms with Crippen molar-refractivity contribution in [3.63, 3.8) is 0 Å². The number of hydrogen-bond acceptors (Lipinski definition) is 4. The van der Waals surface area contributed by atoms with Crippen LogP contribution in [0.2, 0.25) is 0 Å². The number of thiazole rings is 1. The van der Waals surface area contributed by atoms with E-state index in [1.54, 1.807) is 11.3 Å². The van der Waals surface area contributed by atoms with Crippen LogP contribution in [0.4, 0.5) is 5.69 Å². The van der Waals surface area contributed by atoms with Crippen LogP contribution in [0.25, 0.3) is 0 Å². The van der Waals surface area contributed by atoms with Gasteiger partial charge in [-0.2, -0.15) is 0 Å². The van der Waals surface area contributed by atoms with Crippen molar-refractivity contribution < 1.29 is 4.79 Å². The molecule has 1 atom stereocenters. The Morgan fingerprint density at radius 1 is 1.45 bits per heavy atom. The average Bonchev–Trinajstić information content (AvgIpc) is 2.78. The predicted octanol–water partition coefficient (Wildman–Crippen LogP) is 5.10. The van der Waals surface area contributed by atoms with Crippen LogP contribution in [0.15, 0.2) is 36.9 Å². The molecule has 1 N–H and O–H groups in total. The van der Waals surface area contributed by atoms with E-state index in [0.29, 0.717) is 0 Å². The van der Waals surface area contributed by atoms with Gasteiger partial charge in [-0.25, -0.2) is 4.98 Å². The van der Waals surface area contributed by atoms with E-state index in [9.17, 15) is 4.79 Å². The van der Waals surface area contributed by atoms with Gasteiger partial charge in [-0.15, -0.1) is 11.3 Å². The highest BCUT2D eigenvalue weighted by Crippen LogP contribution is 2.29. The van der Waals surface area contributed by atoms with Gasteiger partial charge >= 0.3 is 0 Å². The third kappa shape index (κ3) is 4.31. The summed E-state index contributed by atoms with van der Waals surface area (Å²) in [7, 11) is 0. The standard InChI is InChI=1S/C13H12Br2N2OS2/c1-7-6-19-13(16-7)20-8(2)12(18)17-11-4-3-9(14)5-10(11)15/h3-6,8H,1-2H3,(H,17,18). The first kappa shape index (κ1) is 16.0. The number of aromatic nitrogens is 1. The van der Waals surface area contributed by atoms with Crippen molar-refractivity contribution in [2.75, 3.05) is 5.32 Å². The average molecular weight is 436 g/mol. The number of thioether (sulfide) groups is 1.